The number of carbonyl (C=O) groups is 1. The number of cyclic esters (lactones) is 1. The van der Waals surface area contributed by atoms with Gasteiger partial charge < -0.3 is 18.9 Å². The standard InChI is InChI=1S/C14H17ClO5/c1-13(17-3)14(2,18-4)20-12(16)11(19-13)9-7-5-6-8-10(9)15/h5-8,11H,1-4H3. The molecule has 0 amide bonds. The number of benzene rings is 1. The van der Waals surface area contributed by atoms with Crippen LogP contribution in [0.3, 0.4) is 0 Å². The molecule has 2 rings (SSSR count). The first-order valence-corrected chi connectivity index (χ1v) is 6.50. The van der Waals surface area contributed by atoms with E-state index >= 15 is 0 Å². The molecule has 1 aromatic carbocycles. The molecule has 1 aliphatic heterocycles. The number of hydrogen-bond acceptors (Lipinski definition) is 5. The molecule has 0 saturated carbocycles. The summed E-state index contributed by atoms with van der Waals surface area (Å²) in [5.41, 5.74) is 0.528. The van der Waals surface area contributed by atoms with E-state index in [4.69, 9.17) is 30.5 Å². The Morgan fingerprint density at radius 2 is 1.75 bits per heavy atom. The summed E-state index contributed by atoms with van der Waals surface area (Å²) < 4.78 is 21.8. The minimum atomic E-state index is -1.34. The van der Waals surface area contributed by atoms with Gasteiger partial charge in [0.1, 0.15) is 0 Å². The van der Waals surface area contributed by atoms with E-state index in [2.05, 4.69) is 0 Å². The minimum Gasteiger partial charge on any atom is -0.425 e. The van der Waals surface area contributed by atoms with Gasteiger partial charge in [-0.2, -0.15) is 0 Å². The predicted molar refractivity (Wildman–Crippen MR) is 72.2 cm³/mol. The second-order valence-electron chi connectivity index (χ2n) is 4.74. The zero-order chi connectivity index (χ0) is 15.0. The van der Waals surface area contributed by atoms with Crippen molar-refractivity contribution in [2.24, 2.45) is 0 Å². The van der Waals surface area contributed by atoms with Crippen LogP contribution in [0, 0.1) is 0 Å². The molecule has 1 saturated heterocycles. The van der Waals surface area contributed by atoms with Crippen LogP contribution >= 0.6 is 11.6 Å². The fourth-order valence-electron chi connectivity index (χ4n) is 2.06. The van der Waals surface area contributed by atoms with Crippen LogP contribution in [0.15, 0.2) is 24.3 Å². The zero-order valence-corrected chi connectivity index (χ0v) is 12.6. The summed E-state index contributed by atoms with van der Waals surface area (Å²) in [6, 6.07) is 6.93. The van der Waals surface area contributed by atoms with Crippen LogP contribution in [-0.2, 0) is 23.7 Å². The molecule has 3 unspecified atom stereocenters. The molecule has 0 bridgehead atoms. The van der Waals surface area contributed by atoms with Crippen molar-refractivity contribution in [2.75, 3.05) is 14.2 Å². The lowest BCUT2D eigenvalue weighted by atomic mass is 10.0. The van der Waals surface area contributed by atoms with E-state index < -0.39 is 23.6 Å². The highest BCUT2D eigenvalue weighted by Crippen LogP contribution is 2.43. The molecule has 20 heavy (non-hydrogen) atoms. The van der Waals surface area contributed by atoms with Crippen molar-refractivity contribution < 1.29 is 23.7 Å². The Kier molecular flexibility index (Phi) is 4.07. The third-order valence-corrected chi connectivity index (χ3v) is 3.99. The summed E-state index contributed by atoms with van der Waals surface area (Å²) in [6.45, 7) is 3.23. The van der Waals surface area contributed by atoms with Crippen LogP contribution in [0.25, 0.3) is 0 Å². The van der Waals surface area contributed by atoms with Gasteiger partial charge in [0, 0.05) is 31.7 Å². The van der Waals surface area contributed by atoms with Gasteiger partial charge in [0.2, 0.25) is 5.79 Å². The van der Waals surface area contributed by atoms with Crippen LogP contribution in [0.1, 0.15) is 25.5 Å². The molecular formula is C14H17ClO5. The number of ether oxygens (including phenoxy) is 4. The SMILES string of the molecule is COC1(C)OC(=O)C(c2ccccc2Cl)OC1(C)OC. The fraction of sp³-hybridized carbons (Fsp3) is 0.500. The molecule has 0 aromatic heterocycles. The number of hydrogen-bond donors (Lipinski definition) is 0. The third-order valence-electron chi connectivity index (χ3n) is 3.64. The van der Waals surface area contributed by atoms with E-state index in [9.17, 15) is 4.79 Å². The fourth-order valence-corrected chi connectivity index (χ4v) is 2.29. The van der Waals surface area contributed by atoms with Gasteiger partial charge in [-0.05, 0) is 13.0 Å². The van der Waals surface area contributed by atoms with Crippen molar-refractivity contribution in [1.82, 2.24) is 0 Å². The number of esters is 1. The van der Waals surface area contributed by atoms with Gasteiger partial charge in [-0.1, -0.05) is 29.8 Å². The highest BCUT2D eigenvalue weighted by atomic mass is 35.5. The lowest BCUT2D eigenvalue weighted by Crippen LogP contribution is -2.62. The molecule has 0 radical (unpaired) electrons. The van der Waals surface area contributed by atoms with Crippen molar-refractivity contribution in [1.29, 1.82) is 0 Å². The zero-order valence-electron chi connectivity index (χ0n) is 11.8. The molecule has 110 valence electrons. The molecule has 0 N–H and O–H groups in total. The number of halogens is 1. The summed E-state index contributed by atoms with van der Waals surface area (Å²) >= 11 is 6.10. The van der Waals surface area contributed by atoms with Crippen LogP contribution < -0.4 is 0 Å². The van der Waals surface area contributed by atoms with Gasteiger partial charge in [0.25, 0.3) is 5.79 Å². The summed E-state index contributed by atoms with van der Waals surface area (Å²) in [5, 5.41) is 0.425. The number of methoxy groups -OCH3 is 2. The first-order chi connectivity index (χ1) is 9.37. The average molecular weight is 301 g/mol. The smallest absolute Gasteiger partial charge is 0.342 e. The van der Waals surface area contributed by atoms with E-state index in [1.54, 1.807) is 38.1 Å². The largest absolute Gasteiger partial charge is 0.425 e. The molecule has 1 aromatic rings. The molecule has 1 heterocycles. The van der Waals surface area contributed by atoms with E-state index in [1.807, 2.05) is 0 Å². The maximum atomic E-state index is 12.2. The molecular weight excluding hydrogens is 284 g/mol. The molecule has 5 nitrogen and oxygen atoms in total. The summed E-state index contributed by atoms with van der Waals surface area (Å²) in [4.78, 5) is 12.2. The van der Waals surface area contributed by atoms with E-state index in [0.29, 0.717) is 10.6 Å². The molecule has 6 heteroatoms. The average Bonchev–Trinajstić information content (AvgIpc) is 2.44. The molecule has 0 aliphatic carbocycles. The summed E-state index contributed by atoms with van der Waals surface area (Å²) in [5.74, 6) is -3.16. The van der Waals surface area contributed by atoms with Gasteiger partial charge in [0.05, 0.1) is 0 Å². The maximum Gasteiger partial charge on any atom is 0.342 e. The topological polar surface area (TPSA) is 54.0 Å². The number of rotatable bonds is 3. The second kappa shape index (κ2) is 5.33. The van der Waals surface area contributed by atoms with Crippen LogP contribution in [0.5, 0.6) is 0 Å². The molecule has 3 atom stereocenters. The Morgan fingerprint density at radius 1 is 1.15 bits per heavy atom. The monoisotopic (exact) mass is 300 g/mol. The Balaban J connectivity index is 2.40. The van der Waals surface area contributed by atoms with E-state index in [1.165, 1.54) is 14.2 Å². The third kappa shape index (κ3) is 2.31. The van der Waals surface area contributed by atoms with Crippen molar-refractivity contribution in [3.63, 3.8) is 0 Å². The van der Waals surface area contributed by atoms with Gasteiger partial charge in [-0.3, -0.25) is 0 Å². The lowest BCUT2D eigenvalue weighted by molar-refractivity contribution is -0.407. The normalized spacial score (nSPS) is 33.9. The van der Waals surface area contributed by atoms with Gasteiger partial charge in [-0.15, -0.1) is 0 Å². The Bertz CT molecular complexity index is 520. The molecule has 1 fully saturated rings. The van der Waals surface area contributed by atoms with Crippen LogP contribution in [0.4, 0.5) is 0 Å². The Hall–Kier alpha value is -1.14. The first kappa shape index (κ1) is 15.3. The quantitative estimate of drug-likeness (QED) is 0.803. The predicted octanol–water partition coefficient (Wildman–Crippen LogP) is 2.68. The Morgan fingerprint density at radius 3 is 2.30 bits per heavy atom. The van der Waals surface area contributed by atoms with Crippen molar-refractivity contribution >= 4 is 17.6 Å². The van der Waals surface area contributed by atoms with Gasteiger partial charge in [0.15, 0.2) is 6.10 Å². The first-order valence-electron chi connectivity index (χ1n) is 6.12. The number of carbonyl (C=O) groups excluding carboxylic acids is 1. The highest BCUT2D eigenvalue weighted by Gasteiger charge is 2.58. The maximum absolute atomic E-state index is 12.2. The van der Waals surface area contributed by atoms with Crippen LogP contribution in [0.2, 0.25) is 5.02 Å². The summed E-state index contributed by atoms with van der Waals surface area (Å²) in [7, 11) is 2.88. The van der Waals surface area contributed by atoms with E-state index in [0.717, 1.165) is 0 Å². The van der Waals surface area contributed by atoms with Crippen molar-refractivity contribution in [2.45, 2.75) is 31.5 Å². The second-order valence-corrected chi connectivity index (χ2v) is 5.15. The van der Waals surface area contributed by atoms with Gasteiger partial charge in [-0.25, -0.2) is 4.79 Å². The van der Waals surface area contributed by atoms with Crippen molar-refractivity contribution in [3.8, 4) is 0 Å². The van der Waals surface area contributed by atoms with Crippen LogP contribution in [-0.4, -0.2) is 31.8 Å². The summed E-state index contributed by atoms with van der Waals surface area (Å²) in [6.07, 6.45) is -0.961. The minimum absolute atomic E-state index is 0.425. The molecule has 0 spiro atoms. The molecule has 1 aliphatic rings. The van der Waals surface area contributed by atoms with Gasteiger partial charge >= 0.3 is 5.97 Å². The van der Waals surface area contributed by atoms with Crippen molar-refractivity contribution in [3.05, 3.63) is 34.9 Å². The Labute approximate surface area is 122 Å². The van der Waals surface area contributed by atoms with E-state index in [-0.39, 0.29) is 0 Å². The lowest BCUT2D eigenvalue weighted by Gasteiger charge is -2.47. The highest BCUT2D eigenvalue weighted by molar-refractivity contribution is 6.31.